The number of aliphatic carboxylic acids is 1. The molecule has 7 heteroatoms. The number of benzene rings is 1. The van der Waals surface area contributed by atoms with Crippen LogP contribution in [0.4, 0.5) is 5.69 Å². The first-order valence-electron chi connectivity index (χ1n) is 5.63. The third kappa shape index (κ3) is 3.66. The van der Waals surface area contributed by atoms with Gasteiger partial charge in [0.2, 0.25) is 5.75 Å². The summed E-state index contributed by atoms with van der Waals surface area (Å²) in [5.74, 6) is -2.24. The highest BCUT2D eigenvalue weighted by Gasteiger charge is 2.26. The van der Waals surface area contributed by atoms with Crippen molar-refractivity contribution < 1.29 is 19.9 Å². The Labute approximate surface area is 118 Å². The second-order valence-corrected chi connectivity index (χ2v) is 5.50. The predicted molar refractivity (Wildman–Crippen MR) is 72.3 cm³/mol. The lowest BCUT2D eigenvalue weighted by Gasteiger charge is -2.15. The van der Waals surface area contributed by atoms with Crippen molar-refractivity contribution in [2.24, 2.45) is 5.92 Å². The van der Waals surface area contributed by atoms with Crippen LogP contribution in [0.2, 0.25) is 0 Å². The van der Waals surface area contributed by atoms with E-state index in [0.717, 1.165) is 6.07 Å². The molecule has 1 aromatic carbocycles. The molecule has 0 amide bonds. The van der Waals surface area contributed by atoms with Gasteiger partial charge in [-0.3, -0.25) is 14.9 Å². The van der Waals surface area contributed by atoms with Gasteiger partial charge in [-0.2, -0.15) is 0 Å². The molecule has 0 aliphatic rings. The van der Waals surface area contributed by atoms with Crippen LogP contribution in [-0.4, -0.2) is 21.1 Å². The molecule has 0 radical (unpaired) electrons. The number of nitrogens with zero attached hydrogens (tertiary/aromatic N) is 1. The molecule has 0 aromatic heterocycles. The molecule has 0 saturated carbocycles. The molecule has 1 unspecified atom stereocenters. The molecule has 0 aliphatic heterocycles. The van der Waals surface area contributed by atoms with Gasteiger partial charge in [0.15, 0.2) is 0 Å². The van der Waals surface area contributed by atoms with Crippen LogP contribution in [0.1, 0.15) is 31.7 Å². The number of phenolic OH excluding ortho intramolecular Hbond substituents is 1. The smallest absolute Gasteiger partial charge is 0.312 e. The van der Waals surface area contributed by atoms with Gasteiger partial charge in [0.1, 0.15) is 0 Å². The van der Waals surface area contributed by atoms with E-state index in [1.54, 1.807) is 0 Å². The molecule has 1 atom stereocenters. The molecule has 0 saturated heterocycles. The van der Waals surface area contributed by atoms with Crippen molar-refractivity contribution in [2.75, 3.05) is 0 Å². The van der Waals surface area contributed by atoms with E-state index in [1.807, 2.05) is 13.8 Å². The summed E-state index contributed by atoms with van der Waals surface area (Å²) in [5.41, 5.74) is -0.197. The Balaban J connectivity index is 3.32. The van der Waals surface area contributed by atoms with Gasteiger partial charge in [-0.15, -0.1) is 0 Å². The number of halogens is 1. The molecule has 1 aromatic rings. The summed E-state index contributed by atoms with van der Waals surface area (Å²) in [4.78, 5) is 21.3. The summed E-state index contributed by atoms with van der Waals surface area (Å²) in [6.07, 6.45) is 0.365. The van der Waals surface area contributed by atoms with Crippen molar-refractivity contribution in [1.82, 2.24) is 0 Å². The summed E-state index contributed by atoms with van der Waals surface area (Å²) < 4.78 is 0.117. The molecule has 104 valence electrons. The van der Waals surface area contributed by atoms with E-state index >= 15 is 0 Å². The van der Waals surface area contributed by atoms with E-state index in [9.17, 15) is 25.1 Å². The van der Waals surface area contributed by atoms with Crippen molar-refractivity contribution in [3.63, 3.8) is 0 Å². The number of carbonyl (C=O) groups is 1. The number of rotatable bonds is 5. The van der Waals surface area contributed by atoms with Gasteiger partial charge in [-0.25, -0.2) is 0 Å². The number of phenols is 1. The van der Waals surface area contributed by atoms with Crippen molar-refractivity contribution in [3.05, 3.63) is 32.3 Å². The normalized spacial score (nSPS) is 12.4. The van der Waals surface area contributed by atoms with E-state index in [-0.39, 0.29) is 10.4 Å². The maximum absolute atomic E-state index is 11.3. The van der Waals surface area contributed by atoms with Crippen LogP contribution in [0.5, 0.6) is 5.75 Å². The van der Waals surface area contributed by atoms with Crippen LogP contribution in [-0.2, 0) is 4.79 Å². The fourth-order valence-corrected chi connectivity index (χ4v) is 2.26. The molecular weight excluding hydrogens is 318 g/mol. The first-order valence-corrected chi connectivity index (χ1v) is 6.43. The van der Waals surface area contributed by atoms with Crippen molar-refractivity contribution in [2.45, 2.75) is 26.2 Å². The Morgan fingerprint density at radius 1 is 1.47 bits per heavy atom. The summed E-state index contributed by atoms with van der Waals surface area (Å²) >= 11 is 3.00. The molecule has 1 rings (SSSR count). The largest absolute Gasteiger partial charge is 0.501 e. The highest BCUT2D eigenvalue weighted by Crippen LogP contribution is 2.38. The van der Waals surface area contributed by atoms with E-state index in [2.05, 4.69) is 15.9 Å². The minimum atomic E-state index is -1.04. The SMILES string of the molecule is CC(C)CC(C(=O)O)c1cc(Br)c(O)c([N+](=O)[O-])c1. The average molecular weight is 332 g/mol. The quantitative estimate of drug-likeness (QED) is 0.636. The molecule has 0 fully saturated rings. The maximum Gasteiger partial charge on any atom is 0.312 e. The van der Waals surface area contributed by atoms with Crippen molar-refractivity contribution >= 4 is 27.6 Å². The molecule has 0 bridgehead atoms. The number of hydrogen-bond acceptors (Lipinski definition) is 4. The summed E-state index contributed by atoms with van der Waals surface area (Å²) in [5, 5.41) is 29.6. The van der Waals surface area contributed by atoms with Gasteiger partial charge in [0.25, 0.3) is 0 Å². The Bertz CT molecular complexity index is 515. The first-order chi connectivity index (χ1) is 8.73. The Kier molecular flexibility index (Phi) is 4.88. The lowest BCUT2D eigenvalue weighted by Crippen LogP contribution is -2.14. The Morgan fingerprint density at radius 3 is 2.47 bits per heavy atom. The van der Waals surface area contributed by atoms with Crippen LogP contribution >= 0.6 is 15.9 Å². The molecule has 0 heterocycles. The third-order valence-corrected chi connectivity index (χ3v) is 3.27. The van der Waals surface area contributed by atoms with Crippen molar-refractivity contribution in [1.29, 1.82) is 0 Å². The maximum atomic E-state index is 11.3. The van der Waals surface area contributed by atoms with E-state index < -0.39 is 28.2 Å². The van der Waals surface area contributed by atoms with Crippen LogP contribution in [0.3, 0.4) is 0 Å². The fourth-order valence-electron chi connectivity index (χ4n) is 1.80. The summed E-state index contributed by atoms with van der Waals surface area (Å²) in [6.45, 7) is 3.75. The van der Waals surface area contributed by atoms with Gasteiger partial charge in [0.05, 0.1) is 15.3 Å². The number of aromatic hydroxyl groups is 1. The van der Waals surface area contributed by atoms with Gasteiger partial charge < -0.3 is 10.2 Å². The van der Waals surface area contributed by atoms with Gasteiger partial charge >= 0.3 is 11.7 Å². The zero-order valence-electron chi connectivity index (χ0n) is 10.5. The summed E-state index contributed by atoms with van der Waals surface area (Å²) in [7, 11) is 0. The standard InChI is InChI=1S/C12H14BrNO5/c1-6(2)3-8(12(16)17)7-4-9(13)11(15)10(5-7)14(18)19/h4-6,8,15H,3H2,1-2H3,(H,16,17). The summed E-state index contributed by atoms with van der Waals surface area (Å²) in [6, 6.07) is 2.52. The van der Waals surface area contributed by atoms with Gasteiger partial charge in [-0.05, 0) is 39.9 Å². The number of hydrogen-bond donors (Lipinski definition) is 2. The molecule has 0 aliphatic carbocycles. The van der Waals surface area contributed by atoms with Crippen LogP contribution in [0.15, 0.2) is 16.6 Å². The van der Waals surface area contributed by atoms with E-state index in [1.165, 1.54) is 6.07 Å². The first kappa shape index (κ1) is 15.4. The number of nitro benzene ring substituents is 1. The number of carboxylic acid groups (broad SMARTS) is 1. The highest BCUT2D eigenvalue weighted by atomic mass is 79.9. The number of carboxylic acids is 1. The monoisotopic (exact) mass is 331 g/mol. The molecule has 0 spiro atoms. The van der Waals surface area contributed by atoms with Gasteiger partial charge in [-0.1, -0.05) is 13.8 Å². The third-order valence-electron chi connectivity index (χ3n) is 2.67. The van der Waals surface area contributed by atoms with E-state index in [0.29, 0.717) is 12.0 Å². The lowest BCUT2D eigenvalue weighted by molar-refractivity contribution is -0.386. The second kappa shape index (κ2) is 6.01. The minimum absolute atomic E-state index is 0.117. The minimum Gasteiger partial charge on any atom is -0.501 e. The predicted octanol–water partition coefficient (Wildman–Crippen LogP) is 3.28. The Morgan fingerprint density at radius 2 is 2.05 bits per heavy atom. The highest BCUT2D eigenvalue weighted by molar-refractivity contribution is 9.10. The topological polar surface area (TPSA) is 101 Å². The molecule has 6 nitrogen and oxygen atoms in total. The number of nitro groups is 1. The van der Waals surface area contributed by atoms with Crippen LogP contribution in [0.25, 0.3) is 0 Å². The van der Waals surface area contributed by atoms with Crippen LogP contribution in [0, 0.1) is 16.0 Å². The zero-order chi connectivity index (χ0) is 14.7. The van der Waals surface area contributed by atoms with E-state index in [4.69, 9.17) is 0 Å². The molecular formula is C12H14BrNO5. The van der Waals surface area contributed by atoms with Crippen molar-refractivity contribution in [3.8, 4) is 5.75 Å². The Hall–Kier alpha value is -1.63. The van der Waals surface area contributed by atoms with Crippen LogP contribution < -0.4 is 0 Å². The molecule has 19 heavy (non-hydrogen) atoms. The lowest BCUT2D eigenvalue weighted by atomic mass is 9.90. The zero-order valence-corrected chi connectivity index (χ0v) is 12.0. The fraction of sp³-hybridized carbons (Fsp3) is 0.417. The average Bonchev–Trinajstić information content (AvgIpc) is 2.28. The second-order valence-electron chi connectivity index (χ2n) is 4.65. The molecule has 2 N–H and O–H groups in total. The van der Waals surface area contributed by atoms with Gasteiger partial charge in [0, 0.05) is 6.07 Å².